The molecule has 0 unspecified atom stereocenters. The predicted octanol–water partition coefficient (Wildman–Crippen LogP) is 0.979. The molecule has 0 radical (unpaired) electrons. The molecule has 1 aliphatic carbocycles. The van der Waals surface area contributed by atoms with Gasteiger partial charge in [0.15, 0.2) is 0 Å². The van der Waals surface area contributed by atoms with Gasteiger partial charge in [-0.25, -0.2) is 0 Å². The molecule has 0 aliphatic heterocycles. The van der Waals surface area contributed by atoms with Crippen LogP contribution in [0, 0.1) is 5.92 Å². The monoisotopic (exact) mass is 157 g/mol. The number of nitrogens with two attached hydrogens (primary N) is 1. The Morgan fingerprint density at radius 2 is 2.36 bits per heavy atom. The molecule has 3 heteroatoms. The fourth-order valence-corrected chi connectivity index (χ4v) is 1.79. The second-order valence-electron chi connectivity index (χ2n) is 3.66. The van der Waals surface area contributed by atoms with Crippen molar-refractivity contribution in [2.24, 2.45) is 11.7 Å². The molecule has 1 rings (SSSR count). The molecule has 0 heterocycles. The Hall–Kier alpha value is -0.570. The molecule has 3 N–H and O–H groups in total. The Kier molecular flexibility index (Phi) is 2.18. The highest BCUT2D eigenvalue weighted by molar-refractivity contribution is 5.78. The fourth-order valence-electron chi connectivity index (χ4n) is 1.79. The van der Waals surface area contributed by atoms with Crippen molar-refractivity contribution >= 4 is 5.97 Å². The van der Waals surface area contributed by atoms with Gasteiger partial charge in [-0.2, -0.15) is 0 Å². The smallest absolute Gasteiger partial charge is 0.323 e. The fraction of sp³-hybridized carbons (Fsp3) is 0.875. The number of hydrogen-bond acceptors (Lipinski definition) is 2. The summed E-state index contributed by atoms with van der Waals surface area (Å²) < 4.78 is 0. The second kappa shape index (κ2) is 2.81. The van der Waals surface area contributed by atoms with E-state index < -0.39 is 11.5 Å². The first-order valence-electron chi connectivity index (χ1n) is 4.07. The molecule has 3 nitrogen and oxygen atoms in total. The van der Waals surface area contributed by atoms with Crippen LogP contribution in [0.4, 0.5) is 0 Å². The summed E-state index contributed by atoms with van der Waals surface area (Å²) >= 11 is 0. The number of carboxylic acid groups (broad SMARTS) is 1. The van der Waals surface area contributed by atoms with Gasteiger partial charge in [-0.05, 0) is 18.8 Å². The summed E-state index contributed by atoms with van der Waals surface area (Å²) in [5.74, 6) is -0.381. The molecule has 0 spiro atoms. The van der Waals surface area contributed by atoms with E-state index >= 15 is 0 Å². The maximum absolute atomic E-state index is 10.7. The third kappa shape index (κ3) is 1.71. The van der Waals surface area contributed by atoms with Gasteiger partial charge in [-0.3, -0.25) is 4.79 Å². The molecule has 0 aromatic heterocycles. The molecule has 1 saturated carbocycles. The molecule has 0 amide bonds. The lowest BCUT2D eigenvalue weighted by Gasteiger charge is -2.32. The van der Waals surface area contributed by atoms with Gasteiger partial charge < -0.3 is 10.8 Å². The highest BCUT2D eigenvalue weighted by Gasteiger charge is 2.37. The summed E-state index contributed by atoms with van der Waals surface area (Å²) in [5, 5.41) is 8.79. The lowest BCUT2D eigenvalue weighted by Crippen LogP contribution is -2.50. The van der Waals surface area contributed by atoms with Crippen molar-refractivity contribution in [1.29, 1.82) is 0 Å². The standard InChI is InChI=1S/C8H15NO2/c1-6-3-2-4-8(9,5-6)7(10)11/h6H,2-5,9H2,1H3,(H,10,11)/t6-,8+/m1/s1. The van der Waals surface area contributed by atoms with Crippen LogP contribution < -0.4 is 5.73 Å². The quantitative estimate of drug-likeness (QED) is 0.596. The Bertz CT molecular complexity index is 169. The summed E-state index contributed by atoms with van der Waals surface area (Å²) in [6.45, 7) is 2.06. The van der Waals surface area contributed by atoms with Crippen LogP contribution in [0.3, 0.4) is 0 Å². The van der Waals surface area contributed by atoms with Gasteiger partial charge in [0.1, 0.15) is 5.54 Å². The first-order chi connectivity index (χ1) is 5.04. The van der Waals surface area contributed by atoms with E-state index in [2.05, 4.69) is 6.92 Å². The summed E-state index contributed by atoms with van der Waals surface area (Å²) in [4.78, 5) is 10.7. The number of carboxylic acids is 1. The van der Waals surface area contributed by atoms with Crippen molar-refractivity contribution in [3.05, 3.63) is 0 Å². The van der Waals surface area contributed by atoms with Gasteiger partial charge in [0, 0.05) is 0 Å². The van der Waals surface area contributed by atoms with E-state index in [0.717, 1.165) is 12.8 Å². The summed E-state index contributed by atoms with van der Waals surface area (Å²) in [5.41, 5.74) is 4.76. The molecular weight excluding hydrogens is 142 g/mol. The van der Waals surface area contributed by atoms with Crippen LogP contribution >= 0.6 is 0 Å². The minimum Gasteiger partial charge on any atom is -0.480 e. The Balaban J connectivity index is 2.63. The molecule has 0 saturated heterocycles. The largest absolute Gasteiger partial charge is 0.480 e. The first kappa shape index (κ1) is 8.53. The van der Waals surface area contributed by atoms with Crippen molar-refractivity contribution in [1.82, 2.24) is 0 Å². The van der Waals surface area contributed by atoms with Crippen LogP contribution in [0.5, 0.6) is 0 Å². The summed E-state index contributed by atoms with van der Waals surface area (Å²) in [6, 6.07) is 0. The molecule has 1 fully saturated rings. The first-order valence-corrected chi connectivity index (χ1v) is 4.07. The zero-order valence-electron chi connectivity index (χ0n) is 6.84. The van der Waals surface area contributed by atoms with Gasteiger partial charge in [0.2, 0.25) is 0 Å². The van der Waals surface area contributed by atoms with E-state index in [1.807, 2.05) is 0 Å². The van der Waals surface area contributed by atoms with Crippen molar-refractivity contribution in [3.8, 4) is 0 Å². The SMILES string of the molecule is C[C@@H]1CCC[C@@](N)(C(=O)O)C1. The summed E-state index contributed by atoms with van der Waals surface area (Å²) in [7, 11) is 0. The van der Waals surface area contributed by atoms with Crippen LogP contribution in [0.25, 0.3) is 0 Å². The Morgan fingerprint density at radius 1 is 1.73 bits per heavy atom. The van der Waals surface area contributed by atoms with E-state index in [1.165, 1.54) is 0 Å². The van der Waals surface area contributed by atoms with Crippen molar-refractivity contribution in [3.63, 3.8) is 0 Å². The van der Waals surface area contributed by atoms with Gasteiger partial charge in [-0.1, -0.05) is 19.8 Å². The van der Waals surface area contributed by atoms with Crippen molar-refractivity contribution in [2.45, 2.75) is 38.1 Å². The zero-order valence-corrected chi connectivity index (χ0v) is 6.84. The number of rotatable bonds is 1. The molecule has 0 aromatic rings. The van der Waals surface area contributed by atoms with E-state index in [-0.39, 0.29) is 0 Å². The third-order valence-electron chi connectivity index (χ3n) is 2.46. The summed E-state index contributed by atoms with van der Waals surface area (Å²) in [6.07, 6.45) is 3.32. The number of hydrogen-bond donors (Lipinski definition) is 2. The average molecular weight is 157 g/mol. The molecule has 64 valence electrons. The molecule has 0 aromatic carbocycles. The third-order valence-corrected chi connectivity index (χ3v) is 2.46. The molecule has 1 aliphatic rings. The van der Waals surface area contributed by atoms with Gasteiger partial charge in [0.05, 0.1) is 0 Å². The van der Waals surface area contributed by atoms with E-state index in [4.69, 9.17) is 10.8 Å². The zero-order chi connectivity index (χ0) is 8.48. The molecule has 11 heavy (non-hydrogen) atoms. The topological polar surface area (TPSA) is 63.3 Å². The maximum Gasteiger partial charge on any atom is 0.323 e. The van der Waals surface area contributed by atoms with Gasteiger partial charge in [-0.15, -0.1) is 0 Å². The lowest BCUT2D eigenvalue weighted by molar-refractivity contribution is -0.145. The predicted molar refractivity (Wildman–Crippen MR) is 42.2 cm³/mol. The minimum absolute atomic E-state index is 0.463. The Morgan fingerprint density at radius 3 is 2.73 bits per heavy atom. The molecule has 2 atom stereocenters. The highest BCUT2D eigenvalue weighted by Crippen LogP contribution is 2.30. The minimum atomic E-state index is -0.933. The average Bonchev–Trinajstić information content (AvgIpc) is 1.86. The maximum atomic E-state index is 10.7. The van der Waals surface area contributed by atoms with Crippen LogP contribution in [0.15, 0.2) is 0 Å². The normalized spacial score (nSPS) is 38.5. The van der Waals surface area contributed by atoms with E-state index in [1.54, 1.807) is 0 Å². The second-order valence-corrected chi connectivity index (χ2v) is 3.66. The van der Waals surface area contributed by atoms with Crippen LogP contribution in [-0.4, -0.2) is 16.6 Å². The van der Waals surface area contributed by atoms with Crippen LogP contribution in [0.2, 0.25) is 0 Å². The Labute approximate surface area is 66.6 Å². The van der Waals surface area contributed by atoms with Crippen LogP contribution in [0.1, 0.15) is 32.6 Å². The van der Waals surface area contributed by atoms with Crippen molar-refractivity contribution in [2.75, 3.05) is 0 Å². The van der Waals surface area contributed by atoms with Gasteiger partial charge in [0.25, 0.3) is 0 Å². The van der Waals surface area contributed by atoms with Crippen LogP contribution in [-0.2, 0) is 4.79 Å². The van der Waals surface area contributed by atoms with E-state index in [0.29, 0.717) is 18.8 Å². The molecule has 0 bridgehead atoms. The number of aliphatic carboxylic acids is 1. The van der Waals surface area contributed by atoms with Gasteiger partial charge >= 0.3 is 5.97 Å². The number of carbonyl (C=O) groups is 1. The molecular formula is C8H15NO2. The highest BCUT2D eigenvalue weighted by atomic mass is 16.4. The van der Waals surface area contributed by atoms with Crippen molar-refractivity contribution < 1.29 is 9.90 Å². The van der Waals surface area contributed by atoms with E-state index in [9.17, 15) is 4.79 Å². The lowest BCUT2D eigenvalue weighted by atomic mass is 9.77.